The minimum absolute atomic E-state index is 0.0106. The van der Waals surface area contributed by atoms with E-state index in [0.29, 0.717) is 24.9 Å². The molecule has 1 aromatic rings. The van der Waals surface area contributed by atoms with Crippen molar-refractivity contribution in [2.24, 2.45) is 0 Å². The van der Waals surface area contributed by atoms with Crippen molar-refractivity contribution >= 4 is 10.0 Å². The van der Waals surface area contributed by atoms with Crippen LogP contribution in [0.2, 0.25) is 0 Å². The molecule has 112 valence electrons. The summed E-state index contributed by atoms with van der Waals surface area (Å²) in [7, 11) is -3.65. The van der Waals surface area contributed by atoms with Crippen molar-refractivity contribution in [3.05, 3.63) is 29.6 Å². The molecule has 1 N–H and O–H groups in total. The van der Waals surface area contributed by atoms with E-state index in [1.54, 1.807) is 6.92 Å². The van der Waals surface area contributed by atoms with Crippen LogP contribution in [0.15, 0.2) is 23.1 Å². The number of sulfonamides is 1. The lowest BCUT2D eigenvalue weighted by atomic mass is 10.2. The van der Waals surface area contributed by atoms with Crippen LogP contribution in [0.25, 0.3) is 0 Å². The van der Waals surface area contributed by atoms with E-state index in [9.17, 15) is 12.8 Å². The van der Waals surface area contributed by atoms with Crippen molar-refractivity contribution in [2.45, 2.75) is 43.5 Å². The summed E-state index contributed by atoms with van der Waals surface area (Å²) in [4.78, 5) is 0.0106. The molecule has 1 aromatic carbocycles. The monoisotopic (exact) mass is 301 g/mol. The molecule has 2 rings (SSSR count). The third kappa shape index (κ3) is 3.37. The molecule has 20 heavy (non-hydrogen) atoms. The average Bonchev–Trinajstić information content (AvgIpc) is 3.22. The fourth-order valence-electron chi connectivity index (χ4n) is 2.11. The number of nitrogens with zero attached hydrogens (tertiary/aromatic N) is 1. The summed E-state index contributed by atoms with van der Waals surface area (Å²) >= 11 is 0. The van der Waals surface area contributed by atoms with E-state index >= 15 is 0 Å². The van der Waals surface area contributed by atoms with Crippen molar-refractivity contribution in [2.75, 3.05) is 13.2 Å². The van der Waals surface area contributed by atoms with Crippen molar-refractivity contribution in [1.82, 2.24) is 4.31 Å². The van der Waals surface area contributed by atoms with E-state index in [4.69, 9.17) is 5.11 Å². The zero-order chi connectivity index (χ0) is 14.8. The second-order valence-electron chi connectivity index (χ2n) is 5.19. The highest BCUT2D eigenvalue weighted by Gasteiger charge is 2.37. The Morgan fingerprint density at radius 2 is 2.05 bits per heavy atom. The summed E-state index contributed by atoms with van der Waals surface area (Å²) in [5, 5.41) is 8.80. The van der Waals surface area contributed by atoms with Crippen LogP contribution in [0.5, 0.6) is 0 Å². The van der Waals surface area contributed by atoms with Gasteiger partial charge in [-0.2, -0.15) is 4.31 Å². The molecule has 0 aliphatic heterocycles. The minimum Gasteiger partial charge on any atom is -0.396 e. The largest absolute Gasteiger partial charge is 0.396 e. The highest BCUT2D eigenvalue weighted by Crippen LogP contribution is 2.32. The van der Waals surface area contributed by atoms with Gasteiger partial charge in [-0.3, -0.25) is 0 Å². The first-order valence-corrected chi connectivity index (χ1v) is 8.29. The average molecular weight is 301 g/mol. The second-order valence-corrected chi connectivity index (χ2v) is 7.08. The summed E-state index contributed by atoms with van der Waals surface area (Å²) < 4.78 is 40.2. The molecule has 0 aromatic heterocycles. The predicted octanol–water partition coefficient (Wildman–Crippen LogP) is 2.06. The number of aliphatic hydroxyl groups is 1. The number of unbranched alkanes of at least 4 members (excludes halogenated alkanes) is 1. The molecule has 1 aliphatic rings. The van der Waals surface area contributed by atoms with E-state index in [1.807, 2.05) is 0 Å². The van der Waals surface area contributed by atoms with Crippen LogP contribution in [-0.2, 0) is 10.0 Å². The number of hydrogen-bond donors (Lipinski definition) is 1. The highest BCUT2D eigenvalue weighted by atomic mass is 32.2. The van der Waals surface area contributed by atoms with Gasteiger partial charge >= 0.3 is 0 Å². The molecular formula is C14H20FNO3S. The van der Waals surface area contributed by atoms with Crippen molar-refractivity contribution in [3.8, 4) is 0 Å². The minimum atomic E-state index is -3.65. The fourth-order valence-corrected chi connectivity index (χ4v) is 3.85. The van der Waals surface area contributed by atoms with Gasteiger partial charge in [0.15, 0.2) is 0 Å². The van der Waals surface area contributed by atoms with Crippen LogP contribution < -0.4 is 0 Å². The van der Waals surface area contributed by atoms with Crippen LogP contribution in [0.1, 0.15) is 31.2 Å². The van der Waals surface area contributed by atoms with Gasteiger partial charge in [0, 0.05) is 19.2 Å². The predicted molar refractivity (Wildman–Crippen MR) is 74.4 cm³/mol. The second kappa shape index (κ2) is 6.20. The van der Waals surface area contributed by atoms with Crippen LogP contribution in [0.4, 0.5) is 4.39 Å². The van der Waals surface area contributed by atoms with Gasteiger partial charge < -0.3 is 5.11 Å². The first-order chi connectivity index (χ1) is 9.46. The number of aryl methyl sites for hydroxylation is 1. The Kier molecular flexibility index (Phi) is 4.78. The lowest BCUT2D eigenvalue weighted by Gasteiger charge is -2.22. The first kappa shape index (κ1) is 15.4. The molecule has 0 amide bonds. The summed E-state index contributed by atoms with van der Waals surface area (Å²) in [6.07, 6.45) is 2.89. The SMILES string of the molecule is Cc1ccc(S(=O)(=O)N(CCCCO)C2CC2)cc1F. The van der Waals surface area contributed by atoms with Crippen LogP contribution in [0.3, 0.4) is 0 Å². The van der Waals surface area contributed by atoms with Crippen LogP contribution >= 0.6 is 0 Å². The van der Waals surface area contributed by atoms with E-state index in [1.165, 1.54) is 16.4 Å². The third-order valence-electron chi connectivity index (χ3n) is 3.49. The van der Waals surface area contributed by atoms with Gasteiger partial charge in [-0.05, 0) is 50.3 Å². The Morgan fingerprint density at radius 1 is 1.35 bits per heavy atom. The number of rotatable bonds is 7. The Hall–Kier alpha value is -0.980. The van der Waals surface area contributed by atoms with E-state index in [2.05, 4.69) is 0 Å². The van der Waals surface area contributed by atoms with E-state index in [-0.39, 0.29) is 17.5 Å². The zero-order valence-corrected chi connectivity index (χ0v) is 12.4. The molecule has 1 aliphatic carbocycles. The lowest BCUT2D eigenvalue weighted by molar-refractivity contribution is 0.275. The number of halogens is 1. The Balaban J connectivity index is 2.23. The molecule has 1 saturated carbocycles. The summed E-state index contributed by atoms with van der Waals surface area (Å²) in [6, 6.07) is 4.06. The maximum absolute atomic E-state index is 13.6. The number of benzene rings is 1. The van der Waals surface area contributed by atoms with Crippen molar-refractivity contribution in [1.29, 1.82) is 0 Å². The Bertz CT molecular complexity index is 570. The topological polar surface area (TPSA) is 57.6 Å². The standard InChI is InChI=1S/C14H20FNO3S/c1-11-4-7-13(10-14(11)15)20(18,19)16(12-5-6-12)8-2-3-9-17/h4,7,10,12,17H,2-3,5-6,8-9H2,1H3. The van der Waals surface area contributed by atoms with Gasteiger partial charge in [0.2, 0.25) is 10.0 Å². The fraction of sp³-hybridized carbons (Fsp3) is 0.571. The van der Waals surface area contributed by atoms with Gasteiger partial charge in [0.05, 0.1) is 4.90 Å². The lowest BCUT2D eigenvalue weighted by Crippen LogP contribution is -2.34. The maximum atomic E-state index is 13.6. The normalized spacial score (nSPS) is 15.8. The van der Waals surface area contributed by atoms with Crippen LogP contribution in [0, 0.1) is 12.7 Å². The van der Waals surface area contributed by atoms with Gasteiger partial charge in [0.25, 0.3) is 0 Å². The molecule has 0 radical (unpaired) electrons. The smallest absolute Gasteiger partial charge is 0.243 e. The van der Waals surface area contributed by atoms with E-state index in [0.717, 1.165) is 18.9 Å². The van der Waals surface area contributed by atoms with Crippen molar-refractivity contribution < 1.29 is 17.9 Å². The quantitative estimate of drug-likeness (QED) is 0.784. The molecule has 0 bridgehead atoms. The molecule has 0 unspecified atom stereocenters. The van der Waals surface area contributed by atoms with Crippen LogP contribution in [-0.4, -0.2) is 37.0 Å². The summed E-state index contributed by atoms with van der Waals surface area (Å²) in [6.45, 7) is 2.03. The Morgan fingerprint density at radius 3 is 2.60 bits per heavy atom. The Labute approximate surface area is 119 Å². The zero-order valence-electron chi connectivity index (χ0n) is 11.5. The number of hydrogen-bond acceptors (Lipinski definition) is 3. The maximum Gasteiger partial charge on any atom is 0.243 e. The van der Waals surface area contributed by atoms with Gasteiger partial charge in [-0.1, -0.05) is 6.07 Å². The van der Waals surface area contributed by atoms with E-state index < -0.39 is 15.8 Å². The van der Waals surface area contributed by atoms with Crippen molar-refractivity contribution in [3.63, 3.8) is 0 Å². The third-order valence-corrected chi connectivity index (χ3v) is 5.44. The molecule has 0 atom stereocenters. The molecule has 0 heterocycles. The van der Waals surface area contributed by atoms with Gasteiger partial charge in [0.1, 0.15) is 5.82 Å². The molecule has 0 saturated heterocycles. The molecular weight excluding hydrogens is 281 g/mol. The molecule has 1 fully saturated rings. The molecule has 6 heteroatoms. The highest BCUT2D eigenvalue weighted by molar-refractivity contribution is 7.89. The first-order valence-electron chi connectivity index (χ1n) is 6.85. The van der Waals surface area contributed by atoms with Gasteiger partial charge in [-0.25, -0.2) is 12.8 Å². The summed E-state index contributed by atoms with van der Waals surface area (Å²) in [5.74, 6) is -0.503. The molecule has 4 nitrogen and oxygen atoms in total. The number of aliphatic hydroxyl groups excluding tert-OH is 1. The van der Waals surface area contributed by atoms with Gasteiger partial charge in [-0.15, -0.1) is 0 Å². The summed E-state index contributed by atoms with van der Waals surface area (Å²) in [5.41, 5.74) is 0.433. The molecule has 0 spiro atoms.